The van der Waals surface area contributed by atoms with Gasteiger partial charge in [-0.25, -0.2) is 14.8 Å². The van der Waals surface area contributed by atoms with Crippen LogP contribution in [0, 0.1) is 12.8 Å². The van der Waals surface area contributed by atoms with E-state index in [1.54, 1.807) is 0 Å². The van der Waals surface area contributed by atoms with Gasteiger partial charge in [-0.15, -0.1) is 11.3 Å². The van der Waals surface area contributed by atoms with E-state index < -0.39 is 12.0 Å². The zero-order valence-electron chi connectivity index (χ0n) is 11.2. The third kappa shape index (κ3) is 3.01. The van der Waals surface area contributed by atoms with Gasteiger partial charge in [0.2, 0.25) is 0 Å². The van der Waals surface area contributed by atoms with Crippen LogP contribution >= 0.6 is 11.3 Å². The number of carbonyl (C=O) groups is 1. The Morgan fingerprint density at radius 3 is 2.84 bits per heavy atom. The van der Waals surface area contributed by atoms with Gasteiger partial charge in [-0.05, 0) is 30.2 Å². The summed E-state index contributed by atoms with van der Waals surface area (Å²) in [6.07, 6.45) is 2.03. The topological polar surface area (TPSA) is 75.1 Å². The first-order valence-corrected chi connectivity index (χ1v) is 7.05. The number of hydrogen-bond acceptors (Lipinski definition) is 5. The number of nitrogens with one attached hydrogen (secondary N) is 1. The number of anilines is 1. The molecule has 0 spiro atoms. The Morgan fingerprint density at radius 1 is 1.47 bits per heavy atom. The second kappa shape index (κ2) is 5.52. The molecule has 2 N–H and O–H groups in total. The van der Waals surface area contributed by atoms with Crippen molar-refractivity contribution in [1.82, 2.24) is 9.97 Å². The number of carboxylic acids is 1. The van der Waals surface area contributed by atoms with Gasteiger partial charge in [-0.1, -0.05) is 13.8 Å². The van der Waals surface area contributed by atoms with E-state index in [1.807, 2.05) is 26.2 Å². The summed E-state index contributed by atoms with van der Waals surface area (Å²) in [6, 6.07) is -0.627. The Morgan fingerprint density at radius 2 is 2.21 bits per heavy atom. The number of rotatable bonds is 5. The smallest absolute Gasteiger partial charge is 0.326 e. The van der Waals surface area contributed by atoms with Crippen LogP contribution in [0.1, 0.15) is 25.8 Å². The van der Waals surface area contributed by atoms with E-state index in [2.05, 4.69) is 15.3 Å². The van der Waals surface area contributed by atoms with Crippen molar-refractivity contribution in [1.29, 1.82) is 0 Å². The normalized spacial score (nSPS) is 12.8. The van der Waals surface area contributed by atoms with E-state index in [-0.39, 0.29) is 0 Å². The molecule has 0 amide bonds. The first-order chi connectivity index (χ1) is 8.99. The van der Waals surface area contributed by atoms with Crippen LogP contribution in [0.25, 0.3) is 10.2 Å². The van der Waals surface area contributed by atoms with E-state index in [4.69, 9.17) is 0 Å². The summed E-state index contributed by atoms with van der Waals surface area (Å²) in [4.78, 5) is 20.6. The standard InChI is InChI=1S/C13H17N3O2S/c1-7(2)4-9(13(17)18)16-11-10-8(3)5-19-12(10)15-6-14-11/h5-7,9H,4H2,1-3H3,(H,17,18)(H,14,15,16)/t9-/m0/s1. The van der Waals surface area contributed by atoms with Crippen LogP contribution in [-0.2, 0) is 4.79 Å². The van der Waals surface area contributed by atoms with E-state index >= 15 is 0 Å². The monoisotopic (exact) mass is 279 g/mol. The van der Waals surface area contributed by atoms with Crippen molar-refractivity contribution in [2.75, 3.05) is 5.32 Å². The average Bonchev–Trinajstić information content (AvgIpc) is 2.71. The molecular formula is C13H17N3O2S. The highest BCUT2D eigenvalue weighted by Crippen LogP contribution is 2.29. The quantitative estimate of drug-likeness (QED) is 0.880. The Labute approximate surface area is 115 Å². The molecule has 2 aromatic heterocycles. The first-order valence-electron chi connectivity index (χ1n) is 6.17. The number of aliphatic carboxylic acids is 1. The van der Waals surface area contributed by atoms with Gasteiger partial charge in [-0.3, -0.25) is 0 Å². The molecule has 0 unspecified atom stereocenters. The number of fused-ring (bicyclic) bond motifs is 1. The molecule has 0 saturated carbocycles. The van der Waals surface area contributed by atoms with E-state index in [9.17, 15) is 9.90 Å². The van der Waals surface area contributed by atoms with E-state index in [0.29, 0.717) is 18.2 Å². The van der Waals surface area contributed by atoms with E-state index in [0.717, 1.165) is 15.8 Å². The summed E-state index contributed by atoms with van der Waals surface area (Å²) in [5.41, 5.74) is 1.07. The number of nitrogens with zero attached hydrogens (tertiary/aromatic N) is 2. The molecule has 2 aromatic rings. The van der Waals surface area contributed by atoms with Crippen molar-refractivity contribution >= 4 is 33.3 Å². The predicted molar refractivity (Wildman–Crippen MR) is 76.7 cm³/mol. The maximum atomic E-state index is 11.3. The van der Waals surface area contributed by atoms with Crippen molar-refractivity contribution < 1.29 is 9.90 Å². The predicted octanol–water partition coefficient (Wildman–Crippen LogP) is 2.91. The first kappa shape index (κ1) is 13.7. The van der Waals surface area contributed by atoms with Gasteiger partial charge in [0, 0.05) is 0 Å². The minimum atomic E-state index is -0.853. The molecular weight excluding hydrogens is 262 g/mol. The number of aryl methyl sites for hydroxylation is 1. The fourth-order valence-electron chi connectivity index (χ4n) is 1.98. The minimum Gasteiger partial charge on any atom is -0.480 e. The molecule has 0 aliphatic heterocycles. The Balaban J connectivity index is 2.33. The highest BCUT2D eigenvalue weighted by molar-refractivity contribution is 7.17. The van der Waals surface area contributed by atoms with Crippen LogP contribution in [-0.4, -0.2) is 27.1 Å². The van der Waals surface area contributed by atoms with Gasteiger partial charge in [0.05, 0.1) is 5.39 Å². The lowest BCUT2D eigenvalue weighted by Crippen LogP contribution is -2.31. The second-order valence-electron chi connectivity index (χ2n) is 4.99. The number of carboxylic acid groups (broad SMARTS) is 1. The van der Waals surface area contributed by atoms with Gasteiger partial charge >= 0.3 is 5.97 Å². The molecule has 0 saturated heterocycles. The van der Waals surface area contributed by atoms with Gasteiger partial charge in [0.15, 0.2) is 0 Å². The summed E-state index contributed by atoms with van der Waals surface area (Å²) < 4.78 is 0. The van der Waals surface area contributed by atoms with Crippen molar-refractivity contribution in [3.8, 4) is 0 Å². The SMILES string of the molecule is Cc1csc2ncnc(N[C@@H](CC(C)C)C(=O)O)c12. The van der Waals surface area contributed by atoms with Crippen LogP contribution in [0.15, 0.2) is 11.7 Å². The maximum Gasteiger partial charge on any atom is 0.326 e. The average molecular weight is 279 g/mol. The fraction of sp³-hybridized carbons (Fsp3) is 0.462. The second-order valence-corrected chi connectivity index (χ2v) is 5.84. The number of hydrogen-bond donors (Lipinski definition) is 2. The third-order valence-corrected chi connectivity index (χ3v) is 3.87. The Hall–Kier alpha value is -1.69. The van der Waals surface area contributed by atoms with Crippen molar-refractivity contribution in [2.45, 2.75) is 33.2 Å². The summed E-state index contributed by atoms with van der Waals surface area (Å²) in [7, 11) is 0. The summed E-state index contributed by atoms with van der Waals surface area (Å²) in [5.74, 6) is 0.0552. The van der Waals surface area contributed by atoms with Crippen LogP contribution in [0.4, 0.5) is 5.82 Å². The lowest BCUT2D eigenvalue weighted by molar-refractivity contribution is -0.138. The molecule has 0 radical (unpaired) electrons. The molecule has 2 heterocycles. The molecule has 102 valence electrons. The van der Waals surface area contributed by atoms with Gasteiger partial charge in [0.1, 0.15) is 23.0 Å². The zero-order chi connectivity index (χ0) is 14.0. The lowest BCUT2D eigenvalue weighted by atomic mass is 10.0. The largest absolute Gasteiger partial charge is 0.480 e. The van der Waals surface area contributed by atoms with Crippen molar-refractivity contribution in [3.63, 3.8) is 0 Å². The molecule has 0 aliphatic rings. The fourth-order valence-corrected chi connectivity index (χ4v) is 2.87. The van der Waals surface area contributed by atoms with Crippen LogP contribution < -0.4 is 5.32 Å². The summed E-state index contributed by atoms with van der Waals surface area (Å²) in [5, 5.41) is 15.2. The van der Waals surface area contributed by atoms with Gasteiger partial charge < -0.3 is 10.4 Å². The minimum absolute atomic E-state index is 0.300. The molecule has 2 rings (SSSR count). The maximum absolute atomic E-state index is 11.3. The van der Waals surface area contributed by atoms with Gasteiger partial charge in [-0.2, -0.15) is 0 Å². The lowest BCUT2D eigenvalue weighted by Gasteiger charge is -2.17. The molecule has 19 heavy (non-hydrogen) atoms. The zero-order valence-corrected chi connectivity index (χ0v) is 12.0. The number of aromatic nitrogens is 2. The van der Waals surface area contributed by atoms with Gasteiger partial charge in [0.25, 0.3) is 0 Å². The molecule has 0 bridgehead atoms. The van der Waals surface area contributed by atoms with Crippen LogP contribution in [0.2, 0.25) is 0 Å². The van der Waals surface area contributed by atoms with Crippen LogP contribution in [0.5, 0.6) is 0 Å². The molecule has 6 heteroatoms. The Kier molecular flexibility index (Phi) is 3.99. The highest BCUT2D eigenvalue weighted by atomic mass is 32.1. The molecule has 0 fully saturated rings. The third-order valence-electron chi connectivity index (χ3n) is 2.87. The molecule has 5 nitrogen and oxygen atoms in total. The summed E-state index contributed by atoms with van der Waals surface area (Å²) >= 11 is 1.54. The molecule has 0 aromatic carbocycles. The van der Waals surface area contributed by atoms with Crippen molar-refractivity contribution in [3.05, 3.63) is 17.3 Å². The molecule has 1 atom stereocenters. The number of thiophene rings is 1. The Bertz CT molecular complexity index is 595. The highest BCUT2D eigenvalue weighted by Gasteiger charge is 2.20. The summed E-state index contributed by atoms with van der Waals surface area (Å²) in [6.45, 7) is 5.98. The van der Waals surface area contributed by atoms with E-state index in [1.165, 1.54) is 17.7 Å². The van der Waals surface area contributed by atoms with Crippen molar-refractivity contribution in [2.24, 2.45) is 5.92 Å². The van der Waals surface area contributed by atoms with Crippen LogP contribution in [0.3, 0.4) is 0 Å². The molecule has 0 aliphatic carbocycles.